The van der Waals surface area contributed by atoms with Gasteiger partial charge in [0.25, 0.3) is 0 Å². The molecule has 1 heterocycles. The molecule has 0 aliphatic carbocycles. The molecule has 108 valence electrons. The van der Waals surface area contributed by atoms with Crippen molar-refractivity contribution in [2.45, 2.75) is 27.0 Å². The lowest BCUT2D eigenvalue weighted by Crippen LogP contribution is -2.04. The maximum absolute atomic E-state index is 5.89. The van der Waals surface area contributed by atoms with E-state index in [1.54, 1.807) is 0 Å². The lowest BCUT2D eigenvalue weighted by molar-refractivity contribution is 0.296. The molecule has 2 aromatic carbocycles. The summed E-state index contributed by atoms with van der Waals surface area (Å²) in [4.78, 5) is 0. The third-order valence-corrected chi connectivity index (χ3v) is 3.91. The number of hydrogen-bond donors (Lipinski definition) is 0. The number of aryl methyl sites for hydroxylation is 2. The van der Waals surface area contributed by atoms with Crippen molar-refractivity contribution in [2.75, 3.05) is 0 Å². The summed E-state index contributed by atoms with van der Waals surface area (Å²) in [6, 6.07) is 16.2. The number of aromatic nitrogens is 1. The fourth-order valence-electron chi connectivity index (χ4n) is 2.60. The molecule has 0 aliphatic heterocycles. The Morgan fingerprint density at radius 1 is 1.05 bits per heavy atom. The van der Waals surface area contributed by atoms with E-state index in [0.717, 1.165) is 17.3 Å². The Balaban J connectivity index is 1.88. The first-order valence-corrected chi connectivity index (χ1v) is 7.52. The van der Waals surface area contributed by atoms with Gasteiger partial charge in [0.2, 0.25) is 0 Å². The maximum Gasteiger partial charge on any atom is 0.128 e. The minimum Gasteiger partial charge on any atom is -0.487 e. The first-order valence-electron chi connectivity index (χ1n) is 7.14. The fraction of sp³-hybridized carbons (Fsp3) is 0.222. The van der Waals surface area contributed by atoms with Crippen LogP contribution in [0.1, 0.15) is 18.2 Å². The van der Waals surface area contributed by atoms with Gasteiger partial charge in [0.1, 0.15) is 12.4 Å². The molecule has 0 N–H and O–H groups in total. The van der Waals surface area contributed by atoms with Gasteiger partial charge in [-0.1, -0.05) is 23.7 Å². The molecule has 0 fully saturated rings. The van der Waals surface area contributed by atoms with E-state index >= 15 is 0 Å². The van der Waals surface area contributed by atoms with Crippen molar-refractivity contribution in [3.63, 3.8) is 0 Å². The number of fused-ring (bicyclic) bond motifs is 1. The molecule has 3 aromatic rings. The van der Waals surface area contributed by atoms with Gasteiger partial charge in [0.05, 0.1) is 5.69 Å². The number of ether oxygens (including phenoxy) is 1. The Morgan fingerprint density at radius 3 is 2.52 bits per heavy atom. The van der Waals surface area contributed by atoms with Gasteiger partial charge in [0.15, 0.2) is 0 Å². The first-order chi connectivity index (χ1) is 10.2. The summed E-state index contributed by atoms with van der Waals surface area (Å²) in [5.41, 5.74) is 3.74. The predicted octanol–water partition coefficient (Wildman–Crippen LogP) is 5.20. The maximum atomic E-state index is 5.89. The van der Waals surface area contributed by atoms with Crippen LogP contribution in [0.3, 0.4) is 0 Å². The largest absolute Gasteiger partial charge is 0.487 e. The summed E-state index contributed by atoms with van der Waals surface area (Å²) in [5, 5.41) is 1.98. The smallest absolute Gasteiger partial charge is 0.128 e. The summed E-state index contributed by atoms with van der Waals surface area (Å²) in [7, 11) is 0. The quantitative estimate of drug-likeness (QED) is 0.645. The van der Waals surface area contributed by atoms with Crippen molar-refractivity contribution in [2.24, 2.45) is 0 Å². The Kier molecular flexibility index (Phi) is 3.89. The Bertz CT molecular complexity index is 759. The minimum atomic E-state index is 0.559. The van der Waals surface area contributed by atoms with Crippen molar-refractivity contribution < 1.29 is 4.74 Å². The highest BCUT2D eigenvalue weighted by Crippen LogP contribution is 2.23. The third kappa shape index (κ3) is 2.91. The van der Waals surface area contributed by atoms with Crippen molar-refractivity contribution in [3.05, 3.63) is 64.8 Å². The molecule has 0 radical (unpaired) electrons. The van der Waals surface area contributed by atoms with Crippen LogP contribution in [-0.2, 0) is 13.2 Å². The topological polar surface area (TPSA) is 14.2 Å². The lowest BCUT2D eigenvalue weighted by Gasteiger charge is -2.10. The van der Waals surface area contributed by atoms with Crippen LogP contribution in [-0.4, -0.2) is 4.57 Å². The van der Waals surface area contributed by atoms with E-state index in [9.17, 15) is 0 Å². The number of benzene rings is 2. The Labute approximate surface area is 129 Å². The van der Waals surface area contributed by atoms with E-state index < -0.39 is 0 Å². The van der Waals surface area contributed by atoms with Gasteiger partial charge in [0, 0.05) is 22.5 Å². The summed E-state index contributed by atoms with van der Waals surface area (Å²) in [6.45, 7) is 5.78. The van der Waals surface area contributed by atoms with E-state index in [1.807, 2.05) is 24.3 Å². The number of hydrogen-bond acceptors (Lipinski definition) is 1. The highest BCUT2D eigenvalue weighted by Gasteiger charge is 2.08. The van der Waals surface area contributed by atoms with E-state index in [-0.39, 0.29) is 0 Å². The van der Waals surface area contributed by atoms with Crippen molar-refractivity contribution in [1.82, 2.24) is 4.57 Å². The van der Waals surface area contributed by atoms with Crippen LogP contribution in [0.5, 0.6) is 5.75 Å². The van der Waals surface area contributed by atoms with Crippen LogP contribution < -0.4 is 4.74 Å². The highest BCUT2D eigenvalue weighted by atomic mass is 35.5. The average molecular weight is 300 g/mol. The van der Waals surface area contributed by atoms with E-state index in [4.69, 9.17) is 16.3 Å². The second kappa shape index (κ2) is 5.82. The van der Waals surface area contributed by atoms with Crippen LogP contribution >= 0.6 is 11.6 Å². The SMILES string of the molecule is CCn1c(COc2ccc(Cl)cc2)cc2ccc(C)cc21. The van der Waals surface area contributed by atoms with Crippen molar-refractivity contribution >= 4 is 22.5 Å². The molecule has 2 nitrogen and oxygen atoms in total. The van der Waals surface area contributed by atoms with Gasteiger partial charge in [-0.3, -0.25) is 0 Å². The molecule has 0 bridgehead atoms. The van der Waals surface area contributed by atoms with E-state index in [2.05, 4.69) is 42.7 Å². The van der Waals surface area contributed by atoms with Crippen LogP contribution in [0, 0.1) is 6.92 Å². The summed E-state index contributed by atoms with van der Waals surface area (Å²) >= 11 is 5.89. The molecular weight excluding hydrogens is 282 g/mol. The molecule has 0 aliphatic rings. The Morgan fingerprint density at radius 2 is 1.81 bits per heavy atom. The van der Waals surface area contributed by atoms with Gasteiger partial charge >= 0.3 is 0 Å². The third-order valence-electron chi connectivity index (χ3n) is 3.66. The second-order valence-electron chi connectivity index (χ2n) is 5.18. The Hall–Kier alpha value is -1.93. The zero-order valence-corrected chi connectivity index (χ0v) is 13.0. The molecule has 3 heteroatoms. The first kappa shape index (κ1) is 14.0. The van der Waals surface area contributed by atoms with Gasteiger partial charge in [-0.15, -0.1) is 0 Å². The minimum absolute atomic E-state index is 0.559. The summed E-state index contributed by atoms with van der Waals surface area (Å²) in [6.07, 6.45) is 0. The molecule has 3 rings (SSSR count). The molecule has 0 spiro atoms. The molecule has 0 amide bonds. The van der Waals surface area contributed by atoms with Crippen LogP contribution in [0.4, 0.5) is 0 Å². The summed E-state index contributed by atoms with van der Waals surface area (Å²) < 4.78 is 8.17. The van der Waals surface area contributed by atoms with Crippen molar-refractivity contribution in [3.8, 4) is 5.75 Å². The van der Waals surface area contributed by atoms with E-state index in [1.165, 1.54) is 22.2 Å². The molecule has 0 atom stereocenters. The molecular formula is C18H18ClNO. The average Bonchev–Trinajstić information content (AvgIpc) is 2.83. The highest BCUT2D eigenvalue weighted by molar-refractivity contribution is 6.30. The predicted molar refractivity (Wildman–Crippen MR) is 88.1 cm³/mol. The fourth-order valence-corrected chi connectivity index (χ4v) is 2.73. The summed E-state index contributed by atoms with van der Waals surface area (Å²) in [5.74, 6) is 0.837. The number of rotatable bonds is 4. The zero-order valence-electron chi connectivity index (χ0n) is 12.3. The molecule has 1 aromatic heterocycles. The van der Waals surface area contributed by atoms with Gasteiger partial charge < -0.3 is 9.30 Å². The molecule has 0 saturated heterocycles. The van der Waals surface area contributed by atoms with Crippen LogP contribution in [0.2, 0.25) is 5.02 Å². The van der Waals surface area contributed by atoms with Crippen LogP contribution in [0.15, 0.2) is 48.5 Å². The van der Waals surface area contributed by atoms with Gasteiger partial charge in [-0.2, -0.15) is 0 Å². The number of halogens is 1. The van der Waals surface area contributed by atoms with Gasteiger partial charge in [-0.05, 0) is 55.8 Å². The van der Waals surface area contributed by atoms with Crippen LogP contribution in [0.25, 0.3) is 10.9 Å². The van der Waals surface area contributed by atoms with Crippen molar-refractivity contribution in [1.29, 1.82) is 0 Å². The molecule has 0 unspecified atom stereocenters. The monoisotopic (exact) mass is 299 g/mol. The molecule has 21 heavy (non-hydrogen) atoms. The standard InChI is InChI=1S/C18H18ClNO/c1-3-20-16(11-14-5-4-13(2)10-18(14)20)12-21-17-8-6-15(19)7-9-17/h4-11H,3,12H2,1-2H3. The van der Waals surface area contributed by atoms with Gasteiger partial charge in [-0.25, -0.2) is 0 Å². The number of nitrogens with zero attached hydrogens (tertiary/aromatic N) is 1. The zero-order chi connectivity index (χ0) is 14.8. The second-order valence-corrected chi connectivity index (χ2v) is 5.62. The molecule has 0 saturated carbocycles. The van der Waals surface area contributed by atoms with E-state index in [0.29, 0.717) is 6.61 Å². The lowest BCUT2D eigenvalue weighted by atomic mass is 10.2. The normalized spacial score (nSPS) is 11.0.